The lowest BCUT2D eigenvalue weighted by molar-refractivity contribution is 0.238. The third kappa shape index (κ3) is 3.40. The van der Waals surface area contributed by atoms with Crippen LogP contribution in [-0.2, 0) is 6.42 Å². The number of nitrogens with two attached hydrogens (primary N) is 1. The monoisotopic (exact) mass is 404 g/mol. The average molecular weight is 404 g/mol. The molecular formula is C20H20N8O2. The number of anilines is 2. The first-order valence-electron chi connectivity index (χ1n) is 9.72. The summed E-state index contributed by atoms with van der Waals surface area (Å²) in [5, 5.41) is 19.3. The lowest BCUT2D eigenvalue weighted by Crippen LogP contribution is -2.23. The van der Waals surface area contributed by atoms with Crippen molar-refractivity contribution in [1.29, 1.82) is 5.26 Å². The van der Waals surface area contributed by atoms with Gasteiger partial charge >= 0.3 is 0 Å². The van der Waals surface area contributed by atoms with Crippen LogP contribution in [0.5, 0.6) is 11.5 Å². The van der Waals surface area contributed by atoms with Gasteiger partial charge in [-0.25, -0.2) is 9.97 Å². The summed E-state index contributed by atoms with van der Waals surface area (Å²) in [4.78, 5) is 12.7. The molecule has 30 heavy (non-hydrogen) atoms. The van der Waals surface area contributed by atoms with Crippen LogP contribution in [0.4, 0.5) is 11.6 Å². The molecule has 0 amide bonds. The van der Waals surface area contributed by atoms with Crippen LogP contribution in [0.2, 0.25) is 0 Å². The van der Waals surface area contributed by atoms with Crippen LogP contribution in [0.3, 0.4) is 0 Å². The van der Waals surface area contributed by atoms with Crippen molar-refractivity contribution < 1.29 is 9.47 Å². The van der Waals surface area contributed by atoms with E-state index in [1.54, 1.807) is 6.20 Å². The number of ether oxygens (including phenoxy) is 2. The predicted octanol–water partition coefficient (Wildman–Crippen LogP) is 1.93. The van der Waals surface area contributed by atoms with Crippen molar-refractivity contribution >= 4 is 11.6 Å². The molecule has 0 aromatic carbocycles. The Morgan fingerprint density at radius 1 is 1.23 bits per heavy atom. The molecule has 1 fully saturated rings. The van der Waals surface area contributed by atoms with E-state index in [1.807, 2.05) is 12.1 Å². The van der Waals surface area contributed by atoms with Gasteiger partial charge in [-0.1, -0.05) is 0 Å². The van der Waals surface area contributed by atoms with Gasteiger partial charge in [0.25, 0.3) is 0 Å². The second-order valence-electron chi connectivity index (χ2n) is 7.56. The molecule has 0 bridgehead atoms. The number of H-pyrrole nitrogens is 1. The van der Waals surface area contributed by atoms with E-state index in [0.717, 1.165) is 42.0 Å². The minimum atomic E-state index is 0.0755. The van der Waals surface area contributed by atoms with Crippen molar-refractivity contribution in [3.63, 3.8) is 0 Å². The molecule has 10 nitrogen and oxygen atoms in total. The maximum absolute atomic E-state index is 8.84. The molecule has 152 valence electrons. The quantitative estimate of drug-likeness (QED) is 0.537. The second kappa shape index (κ2) is 7.27. The highest BCUT2D eigenvalue weighted by Gasteiger charge is 2.42. The minimum absolute atomic E-state index is 0.0755. The van der Waals surface area contributed by atoms with E-state index >= 15 is 0 Å². The van der Waals surface area contributed by atoms with Crippen molar-refractivity contribution in [3.05, 3.63) is 36.0 Å². The number of aromatic nitrogens is 5. The number of pyridine rings is 1. The van der Waals surface area contributed by atoms with Crippen molar-refractivity contribution in [1.82, 2.24) is 25.1 Å². The zero-order valence-corrected chi connectivity index (χ0v) is 16.2. The summed E-state index contributed by atoms with van der Waals surface area (Å²) in [6.45, 7) is 1.75. The highest BCUT2D eigenvalue weighted by Crippen LogP contribution is 2.47. The van der Waals surface area contributed by atoms with Gasteiger partial charge in [0.2, 0.25) is 0 Å². The fraction of sp³-hybridized carbons (Fsp3) is 0.350. The highest BCUT2D eigenvalue weighted by atomic mass is 16.5. The number of rotatable bonds is 7. The van der Waals surface area contributed by atoms with Crippen molar-refractivity contribution in [2.45, 2.75) is 19.3 Å². The number of hydrogen-bond donors (Lipinski definition) is 3. The first-order chi connectivity index (χ1) is 14.7. The predicted molar refractivity (Wildman–Crippen MR) is 107 cm³/mol. The summed E-state index contributed by atoms with van der Waals surface area (Å²) < 4.78 is 12.0. The fourth-order valence-corrected chi connectivity index (χ4v) is 3.37. The van der Waals surface area contributed by atoms with E-state index in [9.17, 15) is 0 Å². The number of aromatic amines is 1. The van der Waals surface area contributed by atoms with Gasteiger partial charge in [-0.05, 0) is 12.8 Å². The summed E-state index contributed by atoms with van der Waals surface area (Å²) in [6.07, 6.45) is 7.55. The third-order valence-electron chi connectivity index (χ3n) is 5.45. The summed E-state index contributed by atoms with van der Waals surface area (Å²) in [6, 6.07) is 3.79. The first-order valence-corrected chi connectivity index (χ1v) is 9.72. The second-order valence-corrected chi connectivity index (χ2v) is 7.56. The standard InChI is InChI=1S/C20H20N8O2/c21-6-12-7-25-17(9-23-12)26-16-5-14(27-28-16)18-15(30-11-20(10-22)2-3-20)8-24-13-1-4-29-19(13)18/h5,7-9H,1-4,10-11,22H2,(H2,25,26,27,28). The van der Waals surface area contributed by atoms with Gasteiger partial charge in [0.1, 0.15) is 11.9 Å². The van der Waals surface area contributed by atoms with Crippen molar-refractivity contribution in [3.8, 4) is 28.8 Å². The van der Waals surface area contributed by atoms with E-state index in [2.05, 4.69) is 30.5 Å². The normalized spacial score (nSPS) is 15.7. The Morgan fingerprint density at radius 2 is 2.13 bits per heavy atom. The van der Waals surface area contributed by atoms with Gasteiger partial charge in [-0.3, -0.25) is 10.1 Å². The lowest BCUT2D eigenvalue weighted by atomic mass is 10.1. The lowest BCUT2D eigenvalue weighted by Gasteiger charge is -2.17. The van der Waals surface area contributed by atoms with Crippen molar-refractivity contribution in [2.24, 2.45) is 11.1 Å². The zero-order chi connectivity index (χ0) is 20.6. The van der Waals surface area contributed by atoms with E-state index in [-0.39, 0.29) is 11.1 Å². The van der Waals surface area contributed by atoms with Gasteiger partial charge in [-0.2, -0.15) is 10.4 Å². The number of nitrogens with zero attached hydrogens (tertiary/aromatic N) is 5. The molecule has 0 atom stereocenters. The molecule has 0 saturated heterocycles. The van der Waals surface area contributed by atoms with Gasteiger partial charge in [0, 0.05) is 24.4 Å². The van der Waals surface area contributed by atoms with Crippen LogP contribution in [0.15, 0.2) is 24.7 Å². The summed E-state index contributed by atoms with van der Waals surface area (Å²) in [7, 11) is 0. The summed E-state index contributed by atoms with van der Waals surface area (Å²) in [5.41, 5.74) is 8.67. The highest BCUT2D eigenvalue weighted by molar-refractivity contribution is 5.77. The van der Waals surface area contributed by atoms with Crippen LogP contribution >= 0.6 is 0 Å². The molecule has 4 N–H and O–H groups in total. The molecule has 3 aromatic heterocycles. The SMILES string of the molecule is N#Cc1cnc(Nc2cc(-c3c(OCC4(CN)CC4)cnc4c3OCC4)[nH]n2)cn1. The molecule has 10 heteroatoms. The van der Waals surface area contributed by atoms with Crippen LogP contribution in [0.1, 0.15) is 24.2 Å². The number of hydrogen-bond acceptors (Lipinski definition) is 9. The Hall–Kier alpha value is -3.71. The Morgan fingerprint density at radius 3 is 2.87 bits per heavy atom. The maximum Gasteiger partial charge on any atom is 0.158 e. The molecule has 3 aromatic rings. The minimum Gasteiger partial charge on any atom is -0.490 e. The average Bonchev–Trinajstić information content (AvgIpc) is 3.17. The topological polar surface area (TPSA) is 148 Å². The Kier molecular flexibility index (Phi) is 4.44. The van der Waals surface area contributed by atoms with Crippen LogP contribution < -0.4 is 20.5 Å². The summed E-state index contributed by atoms with van der Waals surface area (Å²) in [5.74, 6) is 2.40. The van der Waals surface area contributed by atoms with Gasteiger partial charge < -0.3 is 20.5 Å². The van der Waals surface area contributed by atoms with Gasteiger partial charge in [0.15, 0.2) is 23.0 Å². The largest absolute Gasteiger partial charge is 0.490 e. The maximum atomic E-state index is 8.84. The van der Waals surface area contributed by atoms with Gasteiger partial charge in [0.05, 0.1) is 48.8 Å². The molecule has 0 spiro atoms. The Balaban J connectivity index is 1.43. The van der Waals surface area contributed by atoms with E-state index in [0.29, 0.717) is 37.1 Å². The molecular weight excluding hydrogens is 384 g/mol. The van der Waals surface area contributed by atoms with E-state index in [4.69, 9.17) is 20.5 Å². The zero-order valence-electron chi connectivity index (χ0n) is 16.2. The van der Waals surface area contributed by atoms with Crippen LogP contribution in [0.25, 0.3) is 11.3 Å². The molecule has 0 radical (unpaired) electrons. The van der Waals surface area contributed by atoms with Crippen LogP contribution in [-0.4, -0.2) is 44.9 Å². The molecule has 1 aliphatic heterocycles. The molecule has 4 heterocycles. The number of fused-ring (bicyclic) bond motifs is 1. The Labute approximate surface area is 172 Å². The first kappa shape index (κ1) is 18.3. The van der Waals surface area contributed by atoms with Crippen LogP contribution in [0, 0.1) is 16.7 Å². The number of nitriles is 1. The molecule has 0 unspecified atom stereocenters. The third-order valence-corrected chi connectivity index (χ3v) is 5.45. The van der Waals surface area contributed by atoms with Crippen molar-refractivity contribution in [2.75, 3.05) is 25.1 Å². The van der Waals surface area contributed by atoms with E-state index in [1.165, 1.54) is 12.4 Å². The molecule has 1 saturated carbocycles. The number of nitrogens with one attached hydrogen (secondary N) is 2. The van der Waals surface area contributed by atoms with E-state index < -0.39 is 0 Å². The molecule has 2 aliphatic rings. The Bertz CT molecular complexity index is 1110. The molecule has 1 aliphatic carbocycles. The summed E-state index contributed by atoms with van der Waals surface area (Å²) >= 11 is 0. The fourth-order valence-electron chi connectivity index (χ4n) is 3.37. The molecule has 5 rings (SSSR count). The smallest absolute Gasteiger partial charge is 0.158 e. The van der Waals surface area contributed by atoms with Gasteiger partial charge in [-0.15, -0.1) is 0 Å².